The van der Waals surface area contributed by atoms with Gasteiger partial charge >= 0.3 is 0 Å². The van der Waals surface area contributed by atoms with Gasteiger partial charge in [0.15, 0.2) is 0 Å². The maximum atomic E-state index is 12.6. The Morgan fingerprint density at radius 1 is 1.13 bits per heavy atom. The van der Waals surface area contributed by atoms with Gasteiger partial charge in [-0.2, -0.15) is 0 Å². The van der Waals surface area contributed by atoms with Crippen LogP contribution in [-0.4, -0.2) is 11.7 Å². The monoisotopic (exact) mass is 391 g/mol. The summed E-state index contributed by atoms with van der Waals surface area (Å²) >= 11 is 5.25. The van der Waals surface area contributed by atoms with Crippen LogP contribution in [0.25, 0.3) is 0 Å². The molecular weight excluding hydrogens is 370 g/mol. The molecule has 2 nitrogen and oxygen atoms in total. The first-order valence-electron chi connectivity index (χ1n) is 7.63. The Kier molecular flexibility index (Phi) is 6.31. The molecule has 0 aromatic heterocycles. The fraction of sp³-hybridized carbons (Fsp3) is 0.316. The second-order valence-corrected chi connectivity index (χ2v) is 8.08. The third kappa shape index (κ3) is 5.11. The lowest BCUT2D eigenvalue weighted by Gasteiger charge is -2.26. The molecule has 2 aromatic carbocycles. The molecule has 122 valence electrons. The van der Waals surface area contributed by atoms with E-state index in [1.807, 2.05) is 69.3 Å². The van der Waals surface area contributed by atoms with Crippen molar-refractivity contribution in [2.24, 2.45) is 5.41 Å². The van der Waals surface area contributed by atoms with Gasteiger partial charge in [-0.05, 0) is 40.5 Å². The number of carbonyl (C=O) groups is 1. The molecule has 1 atom stereocenters. The summed E-state index contributed by atoms with van der Waals surface area (Å²) < 4.78 is 1.07. The number of rotatable bonds is 6. The van der Waals surface area contributed by atoms with Crippen LogP contribution >= 0.6 is 27.7 Å². The lowest BCUT2D eigenvalue weighted by Crippen LogP contribution is -2.39. The van der Waals surface area contributed by atoms with Gasteiger partial charge < -0.3 is 5.32 Å². The molecule has 4 heteroatoms. The molecule has 0 saturated heterocycles. The molecule has 0 radical (unpaired) electrons. The highest BCUT2D eigenvalue weighted by atomic mass is 79.9. The molecule has 0 unspecified atom stereocenters. The van der Waals surface area contributed by atoms with Gasteiger partial charge in [0.1, 0.15) is 0 Å². The summed E-state index contributed by atoms with van der Waals surface area (Å²) in [6, 6.07) is 18.1. The smallest absolute Gasteiger partial charge is 0.226 e. The van der Waals surface area contributed by atoms with Gasteiger partial charge in [0, 0.05) is 15.1 Å². The van der Waals surface area contributed by atoms with Crippen LogP contribution in [0.3, 0.4) is 0 Å². The highest BCUT2D eigenvalue weighted by Gasteiger charge is 2.29. The van der Waals surface area contributed by atoms with Crippen molar-refractivity contribution in [2.45, 2.75) is 31.7 Å². The maximum absolute atomic E-state index is 12.6. The van der Waals surface area contributed by atoms with Crippen LogP contribution in [0.4, 0.5) is 0 Å². The van der Waals surface area contributed by atoms with Crippen LogP contribution in [0.1, 0.15) is 32.4 Å². The van der Waals surface area contributed by atoms with E-state index in [-0.39, 0.29) is 11.9 Å². The summed E-state index contributed by atoms with van der Waals surface area (Å²) in [5.74, 6) is 0.802. The molecule has 0 aliphatic carbocycles. The summed E-state index contributed by atoms with van der Waals surface area (Å²) in [7, 11) is 0. The minimum atomic E-state index is -0.441. The molecule has 23 heavy (non-hydrogen) atoms. The summed E-state index contributed by atoms with van der Waals surface area (Å²) in [6.45, 7) is 6.00. The lowest BCUT2D eigenvalue weighted by molar-refractivity contribution is -0.128. The molecular formula is C19H22BrNOS. The summed E-state index contributed by atoms with van der Waals surface area (Å²) in [4.78, 5) is 13.8. The van der Waals surface area contributed by atoms with E-state index in [1.54, 1.807) is 11.8 Å². The largest absolute Gasteiger partial charge is 0.349 e. The van der Waals surface area contributed by atoms with Crippen molar-refractivity contribution < 1.29 is 4.79 Å². The van der Waals surface area contributed by atoms with E-state index < -0.39 is 5.41 Å². The standard InChI is InChI=1S/C19H22BrNOS/c1-14(15-9-5-4-6-10-15)21-18(22)19(2,3)13-23-17-12-8-7-11-16(17)20/h4-12,14H,13H2,1-3H3,(H,21,22)/t14-/m1/s1. The van der Waals surface area contributed by atoms with Crippen molar-refractivity contribution in [3.05, 3.63) is 64.6 Å². The molecule has 0 heterocycles. The second-order valence-electron chi connectivity index (χ2n) is 6.21. The predicted molar refractivity (Wildman–Crippen MR) is 102 cm³/mol. The molecule has 0 fully saturated rings. The van der Waals surface area contributed by atoms with Gasteiger partial charge in [0.25, 0.3) is 0 Å². The van der Waals surface area contributed by atoms with Crippen LogP contribution in [0.5, 0.6) is 0 Å². The Morgan fingerprint density at radius 2 is 1.74 bits per heavy atom. The van der Waals surface area contributed by atoms with Crippen molar-refractivity contribution in [2.75, 3.05) is 5.75 Å². The summed E-state index contributed by atoms with van der Waals surface area (Å²) in [6.07, 6.45) is 0. The van der Waals surface area contributed by atoms with Gasteiger partial charge in [0.2, 0.25) is 5.91 Å². The number of halogens is 1. The molecule has 0 bridgehead atoms. The molecule has 2 rings (SSSR count). The molecule has 0 aliphatic rings. The van der Waals surface area contributed by atoms with E-state index in [9.17, 15) is 4.79 Å². The quantitative estimate of drug-likeness (QED) is 0.663. The van der Waals surface area contributed by atoms with Crippen LogP contribution in [0, 0.1) is 5.41 Å². The van der Waals surface area contributed by atoms with E-state index in [0.717, 1.165) is 20.7 Å². The zero-order valence-electron chi connectivity index (χ0n) is 13.7. The number of benzene rings is 2. The van der Waals surface area contributed by atoms with E-state index >= 15 is 0 Å². The van der Waals surface area contributed by atoms with Crippen molar-refractivity contribution in [3.63, 3.8) is 0 Å². The number of hydrogen-bond donors (Lipinski definition) is 1. The van der Waals surface area contributed by atoms with E-state index in [0.29, 0.717) is 0 Å². The molecule has 0 saturated carbocycles. The Hall–Kier alpha value is -1.26. The molecule has 1 amide bonds. The topological polar surface area (TPSA) is 29.1 Å². The highest BCUT2D eigenvalue weighted by molar-refractivity contribution is 9.10. The van der Waals surface area contributed by atoms with Crippen LogP contribution in [-0.2, 0) is 4.79 Å². The number of thioether (sulfide) groups is 1. The fourth-order valence-corrected chi connectivity index (χ4v) is 3.76. The maximum Gasteiger partial charge on any atom is 0.226 e. The first-order valence-corrected chi connectivity index (χ1v) is 9.41. The highest BCUT2D eigenvalue weighted by Crippen LogP contribution is 2.32. The average molecular weight is 392 g/mol. The normalized spacial score (nSPS) is 12.7. The first kappa shape index (κ1) is 18.1. The Bertz CT molecular complexity index is 657. The third-order valence-electron chi connectivity index (χ3n) is 3.69. The first-order chi connectivity index (χ1) is 10.9. The Morgan fingerprint density at radius 3 is 2.39 bits per heavy atom. The van der Waals surface area contributed by atoms with Crippen molar-refractivity contribution in [3.8, 4) is 0 Å². The Labute approximate surface area is 151 Å². The summed E-state index contributed by atoms with van der Waals surface area (Å²) in [5.41, 5.74) is 0.679. The molecule has 0 aliphatic heterocycles. The van der Waals surface area contributed by atoms with Crippen molar-refractivity contribution in [1.82, 2.24) is 5.32 Å². The predicted octanol–water partition coefficient (Wildman–Crippen LogP) is 5.44. The van der Waals surface area contributed by atoms with Gasteiger partial charge in [0.05, 0.1) is 11.5 Å². The van der Waals surface area contributed by atoms with Crippen molar-refractivity contribution in [1.29, 1.82) is 0 Å². The van der Waals surface area contributed by atoms with E-state index in [4.69, 9.17) is 0 Å². The van der Waals surface area contributed by atoms with Gasteiger partial charge in [-0.15, -0.1) is 11.8 Å². The van der Waals surface area contributed by atoms with Crippen LogP contribution in [0.15, 0.2) is 64.0 Å². The third-order valence-corrected chi connectivity index (χ3v) is 6.17. The minimum absolute atomic E-state index is 0.0106. The van der Waals surface area contributed by atoms with Gasteiger partial charge in [-0.3, -0.25) is 4.79 Å². The van der Waals surface area contributed by atoms with Crippen LogP contribution < -0.4 is 5.32 Å². The van der Waals surface area contributed by atoms with Gasteiger partial charge in [-0.25, -0.2) is 0 Å². The van der Waals surface area contributed by atoms with E-state index in [2.05, 4.69) is 27.3 Å². The number of nitrogens with one attached hydrogen (secondary N) is 1. The number of amides is 1. The second kappa shape index (κ2) is 8.02. The molecule has 1 N–H and O–H groups in total. The average Bonchev–Trinajstić information content (AvgIpc) is 2.55. The SMILES string of the molecule is C[C@@H](NC(=O)C(C)(C)CSc1ccccc1Br)c1ccccc1. The zero-order chi connectivity index (χ0) is 16.9. The fourth-order valence-electron chi connectivity index (χ4n) is 2.10. The van der Waals surface area contributed by atoms with Crippen molar-refractivity contribution >= 4 is 33.6 Å². The number of hydrogen-bond acceptors (Lipinski definition) is 2. The Balaban J connectivity index is 1.96. The van der Waals surface area contributed by atoms with E-state index in [1.165, 1.54) is 0 Å². The number of carbonyl (C=O) groups excluding carboxylic acids is 1. The van der Waals surface area contributed by atoms with Gasteiger partial charge in [-0.1, -0.05) is 56.3 Å². The zero-order valence-corrected chi connectivity index (χ0v) is 16.1. The van der Waals surface area contributed by atoms with Crippen LogP contribution in [0.2, 0.25) is 0 Å². The summed E-state index contributed by atoms with van der Waals surface area (Å²) in [5, 5.41) is 3.12. The molecule has 0 spiro atoms. The lowest BCUT2D eigenvalue weighted by atomic mass is 9.94. The minimum Gasteiger partial charge on any atom is -0.349 e. The molecule has 2 aromatic rings.